The van der Waals surface area contributed by atoms with Crippen molar-refractivity contribution in [1.29, 1.82) is 0 Å². The van der Waals surface area contributed by atoms with Crippen molar-refractivity contribution >= 4 is 5.69 Å². The third-order valence-corrected chi connectivity index (χ3v) is 4.04. The zero-order valence-electron chi connectivity index (χ0n) is 9.77. The van der Waals surface area contributed by atoms with Gasteiger partial charge in [0.1, 0.15) is 0 Å². The number of nitro benzene ring substituents is 1. The van der Waals surface area contributed by atoms with Crippen LogP contribution in [0.3, 0.4) is 0 Å². The van der Waals surface area contributed by atoms with Gasteiger partial charge in [-0.1, -0.05) is 13.0 Å². The summed E-state index contributed by atoms with van der Waals surface area (Å²) in [6.45, 7) is 2.05. The number of benzene rings is 1. The van der Waals surface area contributed by atoms with Gasteiger partial charge in [0, 0.05) is 17.5 Å². The Bertz CT molecular complexity index is 510. The Morgan fingerprint density at radius 3 is 2.88 bits per heavy atom. The Hall–Kier alpha value is -1.42. The van der Waals surface area contributed by atoms with E-state index < -0.39 is 6.10 Å². The Kier molecular flexibility index (Phi) is 2.23. The molecule has 1 N–H and O–H groups in total. The normalized spacial score (nSPS) is 25.8. The fourth-order valence-electron chi connectivity index (χ4n) is 3.30. The molecule has 4 heteroatoms. The maximum Gasteiger partial charge on any atom is 0.276 e. The topological polar surface area (TPSA) is 63.4 Å². The Morgan fingerprint density at radius 2 is 2.18 bits per heavy atom. The van der Waals surface area contributed by atoms with Crippen LogP contribution in [0.1, 0.15) is 41.5 Å². The maximum absolute atomic E-state index is 11.3. The molecule has 3 rings (SSSR count). The molecule has 17 heavy (non-hydrogen) atoms. The molecular formula is C13H15NO3. The largest absolute Gasteiger partial charge is 0.392 e. The van der Waals surface area contributed by atoms with E-state index in [1.807, 2.05) is 0 Å². The molecule has 0 bridgehead atoms. The van der Waals surface area contributed by atoms with Crippen LogP contribution in [0.5, 0.6) is 0 Å². The highest BCUT2D eigenvalue weighted by Crippen LogP contribution is 2.44. The number of hydrogen-bond donors (Lipinski definition) is 1. The standard InChI is InChI=1S/C13H15NO3/c1-7-2-3-8-4-9-5-10(15)6-11(9)13(12(7)8)14(16)17/h4,7,10,15H,2-3,5-6H2,1H3. The van der Waals surface area contributed by atoms with Crippen molar-refractivity contribution in [2.24, 2.45) is 0 Å². The van der Waals surface area contributed by atoms with E-state index in [4.69, 9.17) is 0 Å². The first-order valence-corrected chi connectivity index (χ1v) is 6.08. The molecule has 90 valence electrons. The Labute approximate surface area is 99.4 Å². The predicted octanol–water partition coefficient (Wildman–Crippen LogP) is 2.10. The van der Waals surface area contributed by atoms with Gasteiger partial charge in [-0.3, -0.25) is 10.1 Å². The molecule has 0 saturated heterocycles. The summed E-state index contributed by atoms with van der Waals surface area (Å²) in [5.41, 5.74) is 4.09. The van der Waals surface area contributed by atoms with E-state index in [9.17, 15) is 15.2 Å². The highest BCUT2D eigenvalue weighted by atomic mass is 16.6. The van der Waals surface area contributed by atoms with E-state index in [2.05, 4.69) is 13.0 Å². The summed E-state index contributed by atoms with van der Waals surface area (Å²) in [6, 6.07) is 2.08. The van der Waals surface area contributed by atoms with Crippen molar-refractivity contribution in [3.05, 3.63) is 38.4 Å². The zero-order valence-corrected chi connectivity index (χ0v) is 9.77. The second kappa shape index (κ2) is 3.53. The Balaban J connectivity index is 2.26. The van der Waals surface area contributed by atoms with Gasteiger partial charge in [-0.2, -0.15) is 0 Å². The van der Waals surface area contributed by atoms with Crippen LogP contribution in [0.4, 0.5) is 5.69 Å². The predicted molar refractivity (Wildman–Crippen MR) is 63.2 cm³/mol. The molecule has 4 nitrogen and oxygen atoms in total. The van der Waals surface area contributed by atoms with E-state index >= 15 is 0 Å². The summed E-state index contributed by atoms with van der Waals surface area (Å²) in [5.74, 6) is 0.272. The lowest BCUT2D eigenvalue weighted by atomic mass is 9.95. The molecule has 0 aromatic heterocycles. The molecule has 0 heterocycles. The molecule has 0 spiro atoms. The first kappa shape index (κ1) is 10.7. The molecule has 1 aromatic carbocycles. The van der Waals surface area contributed by atoms with Crippen molar-refractivity contribution in [2.45, 2.75) is 44.6 Å². The van der Waals surface area contributed by atoms with Crippen LogP contribution in [0.15, 0.2) is 6.07 Å². The van der Waals surface area contributed by atoms with E-state index in [1.54, 1.807) is 0 Å². The third kappa shape index (κ3) is 1.47. The van der Waals surface area contributed by atoms with Crippen LogP contribution < -0.4 is 0 Å². The highest BCUT2D eigenvalue weighted by molar-refractivity contribution is 5.60. The van der Waals surface area contributed by atoms with Crippen LogP contribution in [-0.2, 0) is 19.3 Å². The first-order valence-electron chi connectivity index (χ1n) is 6.08. The lowest BCUT2D eigenvalue weighted by molar-refractivity contribution is -0.386. The minimum absolute atomic E-state index is 0.252. The molecular weight excluding hydrogens is 218 g/mol. The highest BCUT2D eigenvalue weighted by Gasteiger charge is 2.36. The van der Waals surface area contributed by atoms with Crippen molar-refractivity contribution in [3.63, 3.8) is 0 Å². The average Bonchev–Trinajstić information content (AvgIpc) is 2.78. The van der Waals surface area contributed by atoms with Crippen LogP contribution in [0.2, 0.25) is 0 Å². The van der Waals surface area contributed by atoms with E-state index in [0.717, 1.165) is 35.1 Å². The summed E-state index contributed by atoms with van der Waals surface area (Å²) in [6.07, 6.45) is 2.49. The summed E-state index contributed by atoms with van der Waals surface area (Å²) in [7, 11) is 0. The lowest BCUT2D eigenvalue weighted by Gasteiger charge is -2.10. The first-order chi connectivity index (χ1) is 8.08. The summed E-state index contributed by atoms with van der Waals surface area (Å²) < 4.78 is 0. The minimum atomic E-state index is -0.443. The van der Waals surface area contributed by atoms with Crippen LogP contribution >= 0.6 is 0 Å². The van der Waals surface area contributed by atoms with Gasteiger partial charge in [-0.05, 0) is 36.3 Å². The molecule has 2 aliphatic carbocycles. The van der Waals surface area contributed by atoms with Crippen molar-refractivity contribution < 1.29 is 10.0 Å². The number of aliphatic hydroxyl groups is 1. The third-order valence-electron chi connectivity index (χ3n) is 4.04. The monoisotopic (exact) mass is 233 g/mol. The maximum atomic E-state index is 11.3. The van der Waals surface area contributed by atoms with Gasteiger partial charge in [-0.15, -0.1) is 0 Å². The van der Waals surface area contributed by atoms with Crippen LogP contribution in [0.25, 0.3) is 0 Å². The number of aliphatic hydroxyl groups excluding tert-OH is 1. The fourth-order valence-corrected chi connectivity index (χ4v) is 3.30. The summed E-state index contributed by atoms with van der Waals surface area (Å²) in [5, 5.41) is 21.0. The van der Waals surface area contributed by atoms with Gasteiger partial charge < -0.3 is 5.11 Å². The Morgan fingerprint density at radius 1 is 1.41 bits per heavy atom. The quantitative estimate of drug-likeness (QED) is 0.596. The number of rotatable bonds is 1. The zero-order chi connectivity index (χ0) is 12.2. The van der Waals surface area contributed by atoms with Crippen molar-refractivity contribution in [3.8, 4) is 0 Å². The summed E-state index contributed by atoms with van der Waals surface area (Å²) in [4.78, 5) is 11.0. The smallest absolute Gasteiger partial charge is 0.276 e. The molecule has 2 atom stereocenters. The number of fused-ring (bicyclic) bond motifs is 2. The average molecular weight is 233 g/mol. The minimum Gasteiger partial charge on any atom is -0.392 e. The van der Waals surface area contributed by atoms with Crippen molar-refractivity contribution in [2.75, 3.05) is 0 Å². The van der Waals surface area contributed by atoms with Gasteiger partial charge in [0.15, 0.2) is 0 Å². The van der Waals surface area contributed by atoms with E-state index in [0.29, 0.717) is 18.5 Å². The van der Waals surface area contributed by atoms with Gasteiger partial charge in [0.2, 0.25) is 0 Å². The van der Waals surface area contributed by atoms with Gasteiger partial charge in [0.25, 0.3) is 5.69 Å². The van der Waals surface area contributed by atoms with Crippen LogP contribution in [-0.4, -0.2) is 16.1 Å². The molecule has 2 unspecified atom stereocenters. The second-order valence-corrected chi connectivity index (χ2v) is 5.19. The second-order valence-electron chi connectivity index (χ2n) is 5.19. The molecule has 0 aliphatic heterocycles. The number of aryl methyl sites for hydroxylation is 1. The lowest BCUT2D eigenvalue weighted by Crippen LogP contribution is -2.05. The molecule has 1 aromatic rings. The van der Waals surface area contributed by atoms with Gasteiger partial charge in [0.05, 0.1) is 11.0 Å². The molecule has 2 aliphatic rings. The van der Waals surface area contributed by atoms with Gasteiger partial charge in [-0.25, -0.2) is 0 Å². The summed E-state index contributed by atoms with van der Waals surface area (Å²) >= 11 is 0. The number of hydrogen-bond acceptors (Lipinski definition) is 3. The van der Waals surface area contributed by atoms with E-state index in [1.165, 1.54) is 0 Å². The molecule has 0 radical (unpaired) electrons. The molecule has 0 amide bonds. The SMILES string of the molecule is CC1CCc2cc3c(c([N+](=O)[O-])c21)CC(O)C3. The number of nitro groups is 1. The fraction of sp³-hybridized carbons (Fsp3) is 0.538. The molecule has 0 saturated carbocycles. The van der Waals surface area contributed by atoms with E-state index in [-0.39, 0.29) is 10.8 Å². The number of nitrogens with zero attached hydrogens (tertiary/aromatic N) is 1. The van der Waals surface area contributed by atoms with Crippen LogP contribution in [0, 0.1) is 10.1 Å². The molecule has 0 fully saturated rings. The van der Waals surface area contributed by atoms with Crippen molar-refractivity contribution in [1.82, 2.24) is 0 Å². The van der Waals surface area contributed by atoms with Gasteiger partial charge >= 0.3 is 0 Å².